The predicted molar refractivity (Wildman–Crippen MR) is 70.5 cm³/mol. The quantitative estimate of drug-likeness (QED) is 0.869. The maximum absolute atomic E-state index is 10.6. The van der Waals surface area contributed by atoms with Crippen molar-refractivity contribution in [1.29, 1.82) is 0 Å². The number of carboxylic acid groups (broad SMARTS) is 1. The van der Waals surface area contributed by atoms with Gasteiger partial charge in [0, 0.05) is 32.7 Å². The highest BCUT2D eigenvalue weighted by Gasteiger charge is 2.18. The molecule has 0 unspecified atom stereocenters. The average molecular weight is 248 g/mol. The molecule has 1 saturated heterocycles. The molecule has 1 aliphatic rings. The lowest BCUT2D eigenvalue weighted by atomic mass is 10.1. The van der Waals surface area contributed by atoms with Crippen LogP contribution in [0.15, 0.2) is 24.3 Å². The lowest BCUT2D eigenvalue weighted by Crippen LogP contribution is -2.47. The topological polar surface area (TPSA) is 43.8 Å². The van der Waals surface area contributed by atoms with E-state index in [0.717, 1.165) is 32.7 Å². The Balaban J connectivity index is 1.84. The van der Waals surface area contributed by atoms with Crippen molar-refractivity contribution in [3.8, 4) is 0 Å². The lowest BCUT2D eigenvalue weighted by Gasteiger charge is -2.34. The molecule has 1 heterocycles. The maximum atomic E-state index is 10.6. The van der Waals surface area contributed by atoms with E-state index in [9.17, 15) is 4.79 Å². The standard InChI is InChI=1S/C14H20N2O2/c1-12-4-2-3-5-13(12)10-15-6-8-16(9-7-15)11-14(17)18/h2-5H,6-11H2,1H3,(H,17,18). The number of hydrogen-bond donors (Lipinski definition) is 1. The number of aryl methyl sites for hydroxylation is 1. The third kappa shape index (κ3) is 3.55. The number of piperazine rings is 1. The van der Waals surface area contributed by atoms with Crippen molar-refractivity contribution in [2.45, 2.75) is 13.5 Å². The summed E-state index contributed by atoms with van der Waals surface area (Å²) >= 11 is 0. The van der Waals surface area contributed by atoms with Gasteiger partial charge in [0.15, 0.2) is 0 Å². The zero-order valence-corrected chi connectivity index (χ0v) is 10.8. The van der Waals surface area contributed by atoms with E-state index < -0.39 is 5.97 Å². The smallest absolute Gasteiger partial charge is 0.317 e. The Morgan fingerprint density at radius 2 is 1.78 bits per heavy atom. The minimum atomic E-state index is -0.734. The molecule has 0 saturated carbocycles. The largest absolute Gasteiger partial charge is 0.480 e. The van der Waals surface area contributed by atoms with E-state index in [4.69, 9.17) is 5.11 Å². The van der Waals surface area contributed by atoms with Gasteiger partial charge in [0.2, 0.25) is 0 Å². The molecule has 1 fully saturated rings. The van der Waals surface area contributed by atoms with Gasteiger partial charge >= 0.3 is 5.97 Å². The van der Waals surface area contributed by atoms with Crippen LogP contribution in [-0.2, 0) is 11.3 Å². The van der Waals surface area contributed by atoms with E-state index in [-0.39, 0.29) is 6.54 Å². The summed E-state index contributed by atoms with van der Waals surface area (Å²) in [5.74, 6) is -0.734. The zero-order chi connectivity index (χ0) is 13.0. The molecule has 0 spiro atoms. The number of rotatable bonds is 4. The molecule has 0 bridgehead atoms. The lowest BCUT2D eigenvalue weighted by molar-refractivity contribution is -0.138. The van der Waals surface area contributed by atoms with E-state index in [0.29, 0.717) is 0 Å². The molecule has 0 aliphatic carbocycles. The van der Waals surface area contributed by atoms with Crippen LogP contribution in [0.4, 0.5) is 0 Å². The molecule has 1 aliphatic heterocycles. The van der Waals surface area contributed by atoms with Gasteiger partial charge in [-0.2, -0.15) is 0 Å². The third-order valence-corrected chi connectivity index (χ3v) is 3.48. The van der Waals surface area contributed by atoms with Gasteiger partial charge in [0.25, 0.3) is 0 Å². The van der Waals surface area contributed by atoms with Crippen LogP contribution in [0.1, 0.15) is 11.1 Å². The second-order valence-corrected chi connectivity index (χ2v) is 4.87. The molecule has 2 rings (SSSR count). The monoisotopic (exact) mass is 248 g/mol. The van der Waals surface area contributed by atoms with E-state index in [2.05, 4.69) is 36.1 Å². The Morgan fingerprint density at radius 1 is 1.17 bits per heavy atom. The second kappa shape index (κ2) is 5.98. The summed E-state index contributed by atoms with van der Waals surface area (Å²) in [6.45, 7) is 6.85. The molecule has 4 nitrogen and oxygen atoms in total. The van der Waals surface area contributed by atoms with E-state index in [1.165, 1.54) is 11.1 Å². The van der Waals surface area contributed by atoms with Gasteiger partial charge in [-0.05, 0) is 18.1 Å². The SMILES string of the molecule is Cc1ccccc1CN1CCN(CC(=O)O)CC1. The maximum Gasteiger partial charge on any atom is 0.317 e. The minimum Gasteiger partial charge on any atom is -0.480 e. The van der Waals surface area contributed by atoms with Crippen LogP contribution < -0.4 is 0 Å². The number of aliphatic carboxylic acids is 1. The van der Waals surface area contributed by atoms with Crippen molar-refractivity contribution < 1.29 is 9.90 Å². The molecule has 4 heteroatoms. The normalized spacial score (nSPS) is 17.8. The first-order valence-electron chi connectivity index (χ1n) is 6.36. The van der Waals surface area contributed by atoms with Crippen molar-refractivity contribution in [3.05, 3.63) is 35.4 Å². The van der Waals surface area contributed by atoms with E-state index >= 15 is 0 Å². The molecule has 18 heavy (non-hydrogen) atoms. The molecule has 0 radical (unpaired) electrons. The van der Waals surface area contributed by atoms with Gasteiger partial charge in [0.05, 0.1) is 6.54 Å². The highest BCUT2D eigenvalue weighted by atomic mass is 16.4. The summed E-state index contributed by atoms with van der Waals surface area (Å²) in [6, 6.07) is 8.43. The summed E-state index contributed by atoms with van der Waals surface area (Å²) in [5, 5.41) is 8.75. The molecule has 1 aromatic rings. The Hall–Kier alpha value is -1.39. The molecule has 98 valence electrons. The second-order valence-electron chi connectivity index (χ2n) is 4.87. The van der Waals surface area contributed by atoms with Gasteiger partial charge in [-0.25, -0.2) is 0 Å². The number of carboxylic acids is 1. The van der Waals surface area contributed by atoms with E-state index in [1.807, 2.05) is 4.90 Å². The summed E-state index contributed by atoms with van der Waals surface area (Å²) < 4.78 is 0. The van der Waals surface area contributed by atoms with Gasteiger partial charge in [0.1, 0.15) is 0 Å². The molecule has 0 amide bonds. The van der Waals surface area contributed by atoms with Crippen molar-refractivity contribution in [1.82, 2.24) is 9.80 Å². The molecular weight excluding hydrogens is 228 g/mol. The minimum absolute atomic E-state index is 0.165. The van der Waals surface area contributed by atoms with Crippen molar-refractivity contribution in [2.75, 3.05) is 32.7 Å². The fourth-order valence-corrected chi connectivity index (χ4v) is 2.33. The first-order valence-corrected chi connectivity index (χ1v) is 6.36. The van der Waals surface area contributed by atoms with Gasteiger partial charge in [-0.1, -0.05) is 24.3 Å². The van der Waals surface area contributed by atoms with Crippen molar-refractivity contribution >= 4 is 5.97 Å². The van der Waals surface area contributed by atoms with Crippen LogP contribution in [0.5, 0.6) is 0 Å². The van der Waals surface area contributed by atoms with Crippen LogP contribution in [0.25, 0.3) is 0 Å². The van der Waals surface area contributed by atoms with Gasteiger partial charge < -0.3 is 5.11 Å². The summed E-state index contributed by atoms with van der Waals surface area (Å²) in [4.78, 5) is 15.0. The Morgan fingerprint density at radius 3 is 2.39 bits per heavy atom. The van der Waals surface area contributed by atoms with Crippen molar-refractivity contribution in [2.24, 2.45) is 0 Å². The average Bonchev–Trinajstić information content (AvgIpc) is 2.34. The molecule has 1 aromatic carbocycles. The predicted octanol–water partition coefficient (Wildman–Crippen LogP) is 1.20. The molecular formula is C14H20N2O2. The first-order chi connectivity index (χ1) is 8.65. The number of hydrogen-bond acceptors (Lipinski definition) is 3. The summed E-state index contributed by atoms with van der Waals surface area (Å²) in [6.07, 6.45) is 0. The fourth-order valence-electron chi connectivity index (χ4n) is 2.33. The Kier molecular flexibility index (Phi) is 4.33. The Bertz CT molecular complexity index is 412. The number of carbonyl (C=O) groups is 1. The van der Waals surface area contributed by atoms with Crippen molar-refractivity contribution in [3.63, 3.8) is 0 Å². The highest BCUT2D eigenvalue weighted by Crippen LogP contribution is 2.12. The molecule has 1 N–H and O–H groups in total. The van der Waals surface area contributed by atoms with E-state index in [1.54, 1.807) is 0 Å². The number of nitrogens with zero attached hydrogens (tertiary/aromatic N) is 2. The summed E-state index contributed by atoms with van der Waals surface area (Å²) in [7, 11) is 0. The molecule has 0 atom stereocenters. The molecule has 0 aromatic heterocycles. The first kappa shape index (κ1) is 13.1. The highest BCUT2D eigenvalue weighted by molar-refractivity contribution is 5.69. The van der Waals surface area contributed by atoms with Crippen LogP contribution in [0.2, 0.25) is 0 Å². The van der Waals surface area contributed by atoms with Gasteiger partial charge in [-0.3, -0.25) is 14.6 Å². The van der Waals surface area contributed by atoms with Crippen LogP contribution in [-0.4, -0.2) is 53.6 Å². The fraction of sp³-hybridized carbons (Fsp3) is 0.500. The summed E-state index contributed by atoms with van der Waals surface area (Å²) in [5.41, 5.74) is 2.69. The van der Waals surface area contributed by atoms with Gasteiger partial charge in [-0.15, -0.1) is 0 Å². The number of benzene rings is 1. The Labute approximate surface area is 108 Å². The van der Waals surface area contributed by atoms with Crippen LogP contribution in [0, 0.1) is 6.92 Å². The third-order valence-electron chi connectivity index (χ3n) is 3.48. The zero-order valence-electron chi connectivity index (χ0n) is 10.8. The van der Waals surface area contributed by atoms with Crippen LogP contribution >= 0.6 is 0 Å². The van der Waals surface area contributed by atoms with Crippen LogP contribution in [0.3, 0.4) is 0 Å².